The van der Waals surface area contributed by atoms with Crippen LogP contribution < -0.4 is 11.1 Å². The maximum Gasteiger partial charge on any atom is 0.153 e. The number of hydrogen-bond acceptors (Lipinski definition) is 4. The van der Waals surface area contributed by atoms with Crippen molar-refractivity contribution in [3.8, 4) is 0 Å². The molecule has 0 aromatic heterocycles. The van der Waals surface area contributed by atoms with Gasteiger partial charge in [-0.2, -0.15) is 0 Å². The molecule has 82 valence electrons. The lowest BCUT2D eigenvalue weighted by atomic mass is 9.82. The van der Waals surface area contributed by atoms with Crippen LogP contribution in [0.1, 0.15) is 32.1 Å². The fourth-order valence-electron chi connectivity index (χ4n) is 1.93. The van der Waals surface area contributed by atoms with Crippen LogP contribution in [0.4, 0.5) is 0 Å². The van der Waals surface area contributed by atoms with E-state index in [0.29, 0.717) is 6.54 Å². The Hall–Kier alpha value is -0.810. The Balaban J connectivity index is 2.44. The molecule has 1 aliphatic rings. The number of nitrogens with two attached hydrogens (primary N) is 1. The first kappa shape index (κ1) is 11.3. The topological polar surface area (TPSA) is 90.9 Å². The Morgan fingerprint density at radius 3 is 2.50 bits per heavy atom. The molecule has 0 amide bonds. The summed E-state index contributed by atoms with van der Waals surface area (Å²) in [5, 5.41) is 23.8. The van der Waals surface area contributed by atoms with E-state index >= 15 is 0 Å². The van der Waals surface area contributed by atoms with E-state index in [4.69, 9.17) is 10.9 Å². The summed E-state index contributed by atoms with van der Waals surface area (Å²) < 4.78 is 0. The second-order valence-corrected chi connectivity index (χ2v) is 3.94. The van der Waals surface area contributed by atoms with E-state index in [-0.39, 0.29) is 18.0 Å². The average molecular weight is 201 g/mol. The predicted molar refractivity (Wildman–Crippen MR) is 54.3 cm³/mol. The first-order valence-corrected chi connectivity index (χ1v) is 5.05. The molecule has 0 atom stereocenters. The first-order chi connectivity index (χ1) is 6.72. The van der Waals surface area contributed by atoms with E-state index in [2.05, 4.69) is 10.5 Å². The van der Waals surface area contributed by atoms with Gasteiger partial charge in [-0.25, -0.2) is 0 Å². The van der Waals surface area contributed by atoms with Gasteiger partial charge in [0.2, 0.25) is 0 Å². The molecule has 14 heavy (non-hydrogen) atoms. The summed E-state index contributed by atoms with van der Waals surface area (Å²) in [4.78, 5) is 0. The normalized spacial score (nSPS) is 22.2. The van der Waals surface area contributed by atoms with Crippen LogP contribution in [-0.4, -0.2) is 34.8 Å². The van der Waals surface area contributed by atoms with Gasteiger partial charge in [0, 0.05) is 5.54 Å². The minimum atomic E-state index is -0.215. The van der Waals surface area contributed by atoms with Crippen molar-refractivity contribution < 1.29 is 10.3 Å². The maximum atomic E-state index is 9.32. The highest BCUT2D eigenvalue weighted by Gasteiger charge is 2.30. The summed E-state index contributed by atoms with van der Waals surface area (Å²) in [5.41, 5.74) is 5.14. The fourth-order valence-corrected chi connectivity index (χ4v) is 1.93. The number of amidine groups is 1. The van der Waals surface area contributed by atoms with Gasteiger partial charge in [-0.3, -0.25) is 0 Å². The monoisotopic (exact) mass is 201 g/mol. The Bertz CT molecular complexity index is 200. The predicted octanol–water partition coefficient (Wildman–Crippen LogP) is 0.0176. The van der Waals surface area contributed by atoms with Gasteiger partial charge in [0.15, 0.2) is 5.84 Å². The minimum absolute atomic E-state index is 0.117. The van der Waals surface area contributed by atoms with Gasteiger partial charge >= 0.3 is 0 Å². The molecule has 5 N–H and O–H groups in total. The number of nitrogens with zero attached hydrogens (tertiary/aromatic N) is 1. The van der Waals surface area contributed by atoms with Gasteiger partial charge in [0.1, 0.15) is 0 Å². The molecule has 0 saturated heterocycles. The highest BCUT2D eigenvalue weighted by Crippen LogP contribution is 2.27. The van der Waals surface area contributed by atoms with Crippen molar-refractivity contribution >= 4 is 5.84 Å². The SMILES string of the molecule is NC(CNC1(CO)CCCCC1)=NO. The highest BCUT2D eigenvalue weighted by molar-refractivity contribution is 5.81. The zero-order valence-corrected chi connectivity index (χ0v) is 8.37. The standard InChI is InChI=1S/C9H19N3O2/c10-8(12-14)6-11-9(7-13)4-2-1-3-5-9/h11,13-14H,1-7H2,(H2,10,12). The summed E-state index contributed by atoms with van der Waals surface area (Å²) in [5.74, 6) is 0.156. The molecule has 0 aromatic carbocycles. The van der Waals surface area contributed by atoms with E-state index in [0.717, 1.165) is 25.7 Å². The van der Waals surface area contributed by atoms with E-state index in [1.165, 1.54) is 6.42 Å². The lowest BCUT2D eigenvalue weighted by molar-refractivity contribution is 0.125. The lowest BCUT2D eigenvalue weighted by Gasteiger charge is -2.36. The maximum absolute atomic E-state index is 9.32. The van der Waals surface area contributed by atoms with Gasteiger partial charge in [0.05, 0.1) is 13.2 Å². The van der Waals surface area contributed by atoms with Gasteiger partial charge in [-0.15, -0.1) is 0 Å². The van der Waals surface area contributed by atoms with Crippen molar-refractivity contribution in [1.82, 2.24) is 5.32 Å². The molecule has 0 aromatic rings. The lowest BCUT2D eigenvalue weighted by Crippen LogP contribution is -2.52. The molecule has 1 aliphatic carbocycles. The van der Waals surface area contributed by atoms with Crippen LogP contribution in [0, 0.1) is 0 Å². The van der Waals surface area contributed by atoms with E-state index in [1.807, 2.05) is 0 Å². The molecule has 1 saturated carbocycles. The molecule has 0 aliphatic heterocycles. The quantitative estimate of drug-likeness (QED) is 0.223. The molecule has 1 rings (SSSR count). The minimum Gasteiger partial charge on any atom is -0.409 e. The van der Waals surface area contributed by atoms with Crippen molar-refractivity contribution in [2.45, 2.75) is 37.6 Å². The average Bonchev–Trinajstić information content (AvgIpc) is 2.27. The zero-order chi connectivity index (χ0) is 10.4. The third-order valence-corrected chi connectivity index (χ3v) is 2.89. The van der Waals surface area contributed by atoms with Gasteiger partial charge in [-0.1, -0.05) is 24.4 Å². The first-order valence-electron chi connectivity index (χ1n) is 5.05. The zero-order valence-electron chi connectivity index (χ0n) is 8.37. The van der Waals surface area contributed by atoms with E-state index in [1.54, 1.807) is 0 Å². The second kappa shape index (κ2) is 5.17. The Morgan fingerprint density at radius 2 is 2.00 bits per heavy atom. The van der Waals surface area contributed by atoms with Crippen molar-refractivity contribution in [3.05, 3.63) is 0 Å². The summed E-state index contributed by atoms with van der Waals surface area (Å²) >= 11 is 0. The molecule has 0 spiro atoms. The van der Waals surface area contributed by atoms with Crippen molar-refractivity contribution in [1.29, 1.82) is 0 Å². The van der Waals surface area contributed by atoms with Crippen LogP contribution in [0.5, 0.6) is 0 Å². The van der Waals surface area contributed by atoms with Crippen molar-refractivity contribution in [2.75, 3.05) is 13.2 Å². The number of aliphatic hydroxyl groups is 1. The van der Waals surface area contributed by atoms with Gasteiger partial charge in [0.25, 0.3) is 0 Å². The third kappa shape index (κ3) is 2.85. The number of nitrogens with one attached hydrogen (secondary N) is 1. The van der Waals surface area contributed by atoms with Crippen LogP contribution >= 0.6 is 0 Å². The Kier molecular flexibility index (Phi) is 4.16. The van der Waals surface area contributed by atoms with Crippen LogP contribution in [0.25, 0.3) is 0 Å². The molecule has 0 radical (unpaired) electrons. The van der Waals surface area contributed by atoms with Crippen LogP contribution in [0.15, 0.2) is 5.16 Å². The van der Waals surface area contributed by atoms with Crippen LogP contribution in [0.3, 0.4) is 0 Å². The molecule has 0 bridgehead atoms. The fraction of sp³-hybridized carbons (Fsp3) is 0.889. The number of aliphatic hydroxyl groups excluding tert-OH is 1. The van der Waals surface area contributed by atoms with E-state index < -0.39 is 0 Å². The number of oxime groups is 1. The molecule has 0 heterocycles. The second-order valence-electron chi connectivity index (χ2n) is 3.94. The van der Waals surface area contributed by atoms with Crippen molar-refractivity contribution in [2.24, 2.45) is 10.9 Å². The summed E-state index contributed by atoms with van der Waals surface area (Å²) in [6, 6.07) is 0. The van der Waals surface area contributed by atoms with Gasteiger partial charge < -0.3 is 21.4 Å². The van der Waals surface area contributed by atoms with Crippen molar-refractivity contribution in [3.63, 3.8) is 0 Å². The Labute approximate surface area is 84.0 Å². The largest absolute Gasteiger partial charge is 0.409 e. The smallest absolute Gasteiger partial charge is 0.153 e. The van der Waals surface area contributed by atoms with Crippen LogP contribution in [0.2, 0.25) is 0 Å². The van der Waals surface area contributed by atoms with E-state index in [9.17, 15) is 5.11 Å². The summed E-state index contributed by atoms with van der Waals surface area (Å²) in [6.45, 7) is 0.447. The molecule has 5 nitrogen and oxygen atoms in total. The third-order valence-electron chi connectivity index (χ3n) is 2.89. The van der Waals surface area contributed by atoms with Crippen LogP contribution in [-0.2, 0) is 0 Å². The molecular formula is C9H19N3O2. The molecular weight excluding hydrogens is 182 g/mol. The molecule has 1 fully saturated rings. The molecule has 0 unspecified atom stereocenters. The summed E-state index contributed by atoms with van der Waals surface area (Å²) in [7, 11) is 0. The molecule has 5 heteroatoms. The highest BCUT2D eigenvalue weighted by atomic mass is 16.4. The van der Waals surface area contributed by atoms with Gasteiger partial charge in [-0.05, 0) is 12.8 Å². The Morgan fingerprint density at radius 1 is 1.36 bits per heavy atom. The number of rotatable bonds is 4. The number of hydrogen-bond donors (Lipinski definition) is 4. The summed E-state index contributed by atoms with van der Waals surface area (Å²) in [6.07, 6.45) is 5.41.